The van der Waals surface area contributed by atoms with Crippen LogP contribution in [0.5, 0.6) is 0 Å². The Morgan fingerprint density at radius 2 is 2.42 bits per heavy atom. The molecule has 19 heavy (non-hydrogen) atoms. The highest BCUT2D eigenvalue weighted by Crippen LogP contribution is 2.30. The molecule has 7 heteroatoms. The molecule has 0 saturated heterocycles. The van der Waals surface area contributed by atoms with Crippen LogP contribution in [0.1, 0.15) is 22.3 Å². The van der Waals surface area contributed by atoms with E-state index in [1.165, 1.54) is 18.4 Å². The molecule has 102 valence electrons. The predicted octanol–water partition coefficient (Wildman–Crippen LogP) is 1.95. The fraction of sp³-hybridized carbons (Fsp3) is 0.333. The molecule has 0 unspecified atom stereocenters. The van der Waals surface area contributed by atoms with Crippen LogP contribution < -0.4 is 11.1 Å². The number of hydrogen-bond donors (Lipinski definition) is 2. The summed E-state index contributed by atoms with van der Waals surface area (Å²) in [6, 6.07) is 1.71. The summed E-state index contributed by atoms with van der Waals surface area (Å²) in [4.78, 5) is 16.0. The molecule has 2 rings (SSSR count). The smallest absolute Gasteiger partial charge is 0.348 e. The second-order valence-corrected chi connectivity index (χ2v) is 4.99. The lowest BCUT2D eigenvalue weighted by Crippen LogP contribution is -2.06. The van der Waals surface area contributed by atoms with E-state index >= 15 is 0 Å². The minimum atomic E-state index is -0.372. The second kappa shape index (κ2) is 5.75. The third-order valence-corrected chi connectivity index (χ3v) is 3.69. The first-order chi connectivity index (χ1) is 9.15. The van der Waals surface area contributed by atoms with Crippen molar-refractivity contribution in [2.75, 3.05) is 18.2 Å². The Labute approximate surface area is 115 Å². The number of nitrogen functional groups attached to an aromatic ring is 1. The van der Waals surface area contributed by atoms with Gasteiger partial charge in [0.15, 0.2) is 0 Å². The Morgan fingerprint density at radius 1 is 1.63 bits per heavy atom. The normalized spacial score (nSPS) is 10.4. The molecule has 6 nitrogen and oxygen atoms in total. The van der Waals surface area contributed by atoms with E-state index in [0.717, 1.165) is 17.9 Å². The van der Waals surface area contributed by atoms with E-state index < -0.39 is 0 Å². The summed E-state index contributed by atoms with van der Waals surface area (Å²) in [7, 11) is 1.35. The van der Waals surface area contributed by atoms with Crippen LogP contribution in [-0.4, -0.2) is 22.6 Å². The van der Waals surface area contributed by atoms with E-state index in [2.05, 4.69) is 22.0 Å². The minimum Gasteiger partial charge on any atom is -0.465 e. The van der Waals surface area contributed by atoms with Gasteiger partial charge >= 0.3 is 5.97 Å². The molecule has 0 bridgehead atoms. The summed E-state index contributed by atoms with van der Waals surface area (Å²) in [5, 5.41) is 3.78. The molecule has 0 spiro atoms. The van der Waals surface area contributed by atoms with E-state index in [4.69, 9.17) is 5.73 Å². The fourth-order valence-corrected chi connectivity index (χ4v) is 2.53. The summed E-state index contributed by atoms with van der Waals surface area (Å²) in [5.41, 5.74) is 7.68. The van der Waals surface area contributed by atoms with Gasteiger partial charge in [0.25, 0.3) is 0 Å². The Hall–Kier alpha value is -2.02. The Bertz CT molecular complexity index is 576. The maximum Gasteiger partial charge on any atom is 0.348 e. The SMILES string of the molecule is CCn1cncc1CNc1cc(C(=O)OC)sc1N. The van der Waals surface area contributed by atoms with E-state index in [9.17, 15) is 4.79 Å². The molecule has 2 aromatic heterocycles. The van der Waals surface area contributed by atoms with Gasteiger partial charge in [-0.1, -0.05) is 0 Å². The summed E-state index contributed by atoms with van der Waals surface area (Å²) in [5.74, 6) is -0.372. The minimum absolute atomic E-state index is 0.372. The van der Waals surface area contributed by atoms with Gasteiger partial charge in [-0.05, 0) is 13.0 Å². The molecule has 0 aromatic carbocycles. The molecule has 0 aliphatic rings. The molecule has 0 radical (unpaired) electrons. The number of nitrogens with two attached hydrogens (primary N) is 1. The Kier molecular flexibility index (Phi) is 4.06. The van der Waals surface area contributed by atoms with Crippen LogP contribution in [-0.2, 0) is 17.8 Å². The number of hydrogen-bond acceptors (Lipinski definition) is 6. The van der Waals surface area contributed by atoms with Crippen LogP contribution in [0.3, 0.4) is 0 Å². The average Bonchev–Trinajstić information content (AvgIpc) is 3.01. The third-order valence-electron chi connectivity index (χ3n) is 2.75. The summed E-state index contributed by atoms with van der Waals surface area (Å²) in [6.45, 7) is 3.53. The van der Waals surface area contributed by atoms with Crippen molar-refractivity contribution in [3.8, 4) is 0 Å². The van der Waals surface area contributed by atoms with Gasteiger partial charge in [0.05, 0.1) is 31.4 Å². The lowest BCUT2D eigenvalue weighted by atomic mass is 10.3. The highest BCUT2D eigenvalue weighted by molar-refractivity contribution is 7.18. The number of aromatic nitrogens is 2. The molecule has 0 amide bonds. The molecule has 0 aliphatic carbocycles. The first-order valence-corrected chi connectivity index (χ1v) is 6.67. The van der Waals surface area contributed by atoms with Crippen molar-refractivity contribution in [2.45, 2.75) is 20.0 Å². The first kappa shape index (κ1) is 13.4. The van der Waals surface area contributed by atoms with Gasteiger partial charge < -0.3 is 20.4 Å². The quantitative estimate of drug-likeness (QED) is 0.818. The standard InChI is InChI=1S/C12H16N4O2S/c1-3-16-7-14-5-8(16)6-15-9-4-10(12(17)18-2)19-11(9)13/h4-5,7,15H,3,6,13H2,1-2H3. The molecule has 0 saturated carbocycles. The Morgan fingerprint density at radius 3 is 3.11 bits per heavy atom. The predicted molar refractivity (Wildman–Crippen MR) is 75.3 cm³/mol. The van der Waals surface area contributed by atoms with Crippen molar-refractivity contribution in [3.63, 3.8) is 0 Å². The van der Waals surface area contributed by atoms with Crippen molar-refractivity contribution >= 4 is 28.0 Å². The largest absolute Gasteiger partial charge is 0.465 e. The van der Waals surface area contributed by atoms with E-state index in [1.807, 2.05) is 4.57 Å². The zero-order valence-corrected chi connectivity index (χ0v) is 11.7. The van der Waals surface area contributed by atoms with E-state index in [1.54, 1.807) is 18.6 Å². The highest BCUT2D eigenvalue weighted by Gasteiger charge is 2.13. The lowest BCUT2D eigenvalue weighted by molar-refractivity contribution is 0.0606. The lowest BCUT2D eigenvalue weighted by Gasteiger charge is -2.07. The number of carbonyl (C=O) groups is 1. The number of anilines is 2. The number of imidazole rings is 1. The van der Waals surface area contributed by atoms with Crippen LogP contribution in [0.4, 0.5) is 10.7 Å². The van der Waals surface area contributed by atoms with E-state index in [0.29, 0.717) is 16.4 Å². The van der Waals surface area contributed by atoms with Gasteiger partial charge in [0.2, 0.25) is 0 Å². The molecule has 2 aromatic rings. The zero-order chi connectivity index (χ0) is 13.8. The number of nitrogens with zero attached hydrogens (tertiary/aromatic N) is 2. The number of esters is 1. The van der Waals surface area contributed by atoms with Crippen LogP contribution >= 0.6 is 11.3 Å². The summed E-state index contributed by atoms with van der Waals surface area (Å²) in [6.07, 6.45) is 3.59. The molecule has 3 N–H and O–H groups in total. The van der Waals surface area contributed by atoms with Gasteiger partial charge in [-0.3, -0.25) is 0 Å². The topological polar surface area (TPSA) is 82.2 Å². The van der Waals surface area contributed by atoms with Gasteiger partial charge in [-0.2, -0.15) is 0 Å². The van der Waals surface area contributed by atoms with Crippen LogP contribution in [0.2, 0.25) is 0 Å². The monoisotopic (exact) mass is 280 g/mol. The van der Waals surface area contributed by atoms with Crippen LogP contribution in [0.25, 0.3) is 0 Å². The molecule has 0 fully saturated rings. The number of nitrogens with one attached hydrogen (secondary N) is 1. The third kappa shape index (κ3) is 2.87. The van der Waals surface area contributed by atoms with Gasteiger partial charge in [-0.15, -0.1) is 11.3 Å². The number of rotatable bonds is 5. The number of carbonyl (C=O) groups excluding carboxylic acids is 1. The summed E-state index contributed by atoms with van der Waals surface area (Å²) < 4.78 is 6.70. The van der Waals surface area contributed by atoms with Gasteiger partial charge in [0.1, 0.15) is 9.88 Å². The van der Waals surface area contributed by atoms with Crippen LogP contribution in [0.15, 0.2) is 18.6 Å². The average molecular weight is 280 g/mol. The van der Waals surface area contributed by atoms with Gasteiger partial charge in [0, 0.05) is 12.7 Å². The van der Waals surface area contributed by atoms with Crippen molar-refractivity contribution in [2.24, 2.45) is 0 Å². The fourth-order valence-electron chi connectivity index (χ4n) is 1.71. The van der Waals surface area contributed by atoms with Crippen LogP contribution in [0, 0.1) is 0 Å². The van der Waals surface area contributed by atoms with Gasteiger partial charge in [-0.25, -0.2) is 9.78 Å². The number of ether oxygens (including phenoxy) is 1. The highest BCUT2D eigenvalue weighted by atomic mass is 32.1. The Balaban J connectivity index is 2.07. The summed E-state index contributed by atoms with van der Waals surface area (Å²) >= 11 is 1.21. The molecule has 0 atom stereocenters. The first-order valence-electron chi connectivity index (χ1n) is 5.86. The van der Waals surface area contributed by atoms with Crippen molar-refractivity contribution in [1.29, 1.82) is 0 Å². The molecule has 0 aliphatic heterocycles. The maximum absolute atomic E-state index is 11.4. The molecular weight excluding hydrogens is 264 g/mol. The molecule has 2 heterocycles. The second-order valence-electron chi connectivity index (χ2n) is 3.90. The number of methoxy groups -OCH3 is 1. The van der Waals surface area contributed by atoms with Crippen molar-refractivity contribution < 1.29 is 9.53 Å². The number of aryl methyl sites for hydroxylation is 1. The van der Waals surface area contributed by atoms with Crippen molar-refractivity contribution in [3.05, 3.63) is 29.2 Å². The number of thiophene rings is 1. The van der Waals surface area contributed by atoms with E-state index in [-0.39, 0.29) is 5.97 Å². The maximum atomic E-state index is 11.4. The zero-order valence-electron chi connectivity index (χ0n) is 10.8. The van der Waals surface area contributed by atoms with Crippen molar-refractivity contribution in [1.82, 2.24) is 9.55 Å². The molecular formula is C12H16N4O2S.